The van der Waals surface area contributed by atoms with Gasteiger partial charge in [-0.05, 0) is 48.8 Å². The van der Waals surface area contributed by atoms with Gasteiger partial charge >= 0.3 is 0 Å². The van der Waals surface area contributed by atoms with Crippen LogP contribution in [0.5, 0.6) is 5.75 Å². The van der Waals surface area contributed by atoms with Gasteiger partial charge in [0.05, 0.1) is 0 Å². The van der Waals surface area contributed by atoms with Gasteiger partial charge in [-0.25, -0.2) is 0 Å². The molecule has 2 rings (SSSR count). The Bertz CT molecular complexity index is 328. The van der Waals surface area contributed by atoms with E-state index in [0.717, 1.165) is 31.2 Å². The van der Waals surface area contributed by atoms with Crippen molar-refractivity contribution >= 4 is 0 Å². The third-order valence-electron chi connectivity index (χ3n) is 3.11. The molecule has 0 bridgehead atoms. The summed E-state index contributed by atoms with van der Waals surface area (Å²) in [6.07, 6.45) is 6.83. The second kappa shape index (κ2) is 4.04. The largest absolute Gasteiger partial charge is 0.507 e. The first kappa shape index (κ1) is 9.57. The molecule has 0 aromatic heterocycles. The summed E-state index contributed by atoms with van der Waals surface area (Å²) < 4.78 is 0. The van der Waals surface area contributed by atoms with Crippen LogP contribution in [0.1, 0.15) is 42.9 Å². The minimum atomic E-state index is 0.587. The Morgan fingerprint density at radius 1 is 1.21 bits per heavy atom. The molecule has 1 aromatic carbocycles. The number of phenolic OH excluding ortho intramolecular Hbond substituents is 1. The van der Waals surface area contributed by atoms with Crippen molar-refractivity contribution in [1.29, 1.82) is 0 Å². The van der Waals surface area contributed by atoms with Crippen LogP contribution in [0.4, 0.5) is 0 Å². The van der Waals surface area contributed by atoms with Gasteiger partial charge in [-0.1, -0.05) is 25.5 Å². The fourth-order valence-corrected chi connectivity index (χ4v) is 2.33. The molecule has 0 saturated heterocycles. The number of phenols is 1. The van der Waals surface area contributed by atoms with E-state index in [1.54, 1.807) is 0 Å². The minimum Gasteiger partial charge on any atom is -0.507 e. The van der Waals surface area contributed by atoms with Crippen LogP contribution in [0.25, 0.3) is 0 Å². The molecule has 0 fully saturated rings. The number of benzene rings is 1. The standard InChI is InChI=1S/C13H18O/c1-2-5-11-9-8-10-6-3-4-7-12(10)13(11)14/h8-9,14H,2-7H2,1H3. The third-order valence-corrected chi connectivity index (χ3v) is 3.11. The highest BCUT2D eigenvalue weighted by molar-refractivity contribution is 5.46. The van der Waals surface area contributed by atoms with E-state index in [1.165, 1.54) is 24.0 Å². The Hall–Kier alpha value is -0.980. The second-order valence-corrected chi connectivity index (χ2v) is 4.17. The molecule has 1 N–H and O–H groups in total. The van der Waals surface area contributed by atoms with Gasteiger partial charge in [-0.15, -0.1) is 0 Å². The molecule has 0 unspecified atom stereocenters. The number of fused-ring (bicyclic) bond motifs is 1. The summed E-state index contributed by atoms with van der Waals surface area (Å²) in [4.78, 5) is 0. The normalized spacial score (nSPS) is 15.2. The molecule has 0 heterocycles. The number of aryl methyl sites for hydroxylation is 2. The minimum absolute atomic E-state index is 0.587. The fraction of sp³-hybridized carbons (Fsp3) is 0.538. The van der Waals surface area contributed by atoms with Gasteiger partial charge in [0, 0.05) is 0 Å². The topological polar surface area (TPSA) is 20.2 Å². The summed E-state index contributed by atoms with van der Waals surface area (Å²) in [5.41, 5.74) is 3.73. The first-order valence-electron chi connectivity index (χ1n) is 5.65. The molecule has 1 aliphatic rings. The molecule has 0 radical (unpaired) electrons. The zero-order valence-corrected chi connectivity index (χ0v) is 8.84. The number of rotatable bonds is 2. The van der Waals surface area contributed by atoms with Gasteiger partial charge in [0.25, 0.3) is 0 Å². The van der Waals surface area contributed by atoms with Crippen molar-refractivity contribution in [2.45, 2.75) is 45.4 Å². The Kier molecular flexibility index (Phi) is 2.76. The highest BCUT2D eigenvalue weighted by Crippen LogP contribution is 2.32. The molecule has 0 amide bonds. The summed E-state index contributed by atoms with van der Waals surface area (Å²) in [6, 6.07) is 4.31. The molecule has 0 aliphatic heterocycles. The van der Waals surface area contributed by atoms with Crippen LogP contribution < -0.4 is 0 Å². The molecule has 14 heavy (non-hydrogen) atoms. The summed E-state index contributed by atoms with van der Waals surface area (Å²) >= 11 is 0. The van der Waals surface area contributed by atoms with Gasteiger partial charge < -0.3 is 5.11 Å². The van der Waals surface area contributed by atoms with Crippen LogP contribution in [0.3, 0.4) is 0 Å². The lowest BCUT2D eigenvalue weighted by Crippen LogP contribution is -2.04. The van der Waals surface area contributed by atoms with Gasteiger partial charge in [-0.2, -0.15) is 0 Å². The Balaban J connectivity index is 2.38. The van der Waals surface area contributed by atoms with Crippen molar-refractivity contribution in [2.75, 3.05) is 0 Å². The monoisotopic (exact) mass is 190 g/mol. The van der Waals surface area contributed by atoms with Crippen LogP contribution in [0.15, 0.2) is 12.1 Å². The summed E-state index contributed by atoms with van der Waals surface area (Å²) in [7, 11) is 0. The predicted molar refractivity (Wildman–Crippen MR) is 58.7 cm³/mol. The summed E-state index contributed by atoms with van der Waals surface area (Å²) in [6.45, 7) is 2.15. The highest BCUT2D eigenvalue weighted by atomic mass is 16.3. The van der Waals surface area contributed by atoms with E-state index in [4.69, 9.17) is 0 Å². The van der Waals surface area contributed by atoms with Gasteiger partial charge in [0.15, 0.2) is 0 Å². The lowest BCUT2D eigenvalue weighted by atomic mass is 9.88. The van der Waals surface area contributed by atoms with Crippen molar-refractivity contribution in [1.82, 2.24) is 0 Å². The molecule has 0 saturated carbocycles. The molecule has 0 atom stereocenters. The Labute approximate surface area is 85.8 Å². The van der Waals surface area contributed by atoms with Crippen molar-refractivity contribution in [3.8, 4) is 5.75 Å². The third kappa shape index (κ3) is 1.63. The average molecular weight is 190 g/mol. The van der Waals surface area contributed by atoms with Crippen molar-refractivity contribution in [2.24, 2.45) is 0 Å². The van der Waals surface area contributed by atoms with Crippen LogP contribution in [-0.2, 0) is 19.3 Å². The molecule has 76 valence electrons. The van der Waals surface area contributed by atoms with E-state index in [-0.39, 0.29) is 0 Å². The zero-order chi connectivity index (χ0) is 9.97. The molecule has 1 nitrogen and oxygen atoms in total. The quantitative estimate of drug-likeness (QED) is 0.759. The lowest BCUT2D eigenvalue weighted by molar-refractivity contribution is 0.454. The van der Waals surface area contributed by atoms with Crippen molar-refractivity contribution in [3.63, 3.8) is 0 Å². The molecule has 0 spiro atoms. The van der Waals surface area contributed by atoms with Crippen LogP contribution >= 0.6 is 0 Å². The maximum absolute atomic E-state index is 10.1. The first-order valence-corrected chi connectivity index (χ1v) is 5.65. The van der Waals surface area contributed by atoms with Gasteiger partial charge in [0.1, 0.15) is 5.75 Å². The smallest absolute Gasteiger partial charge is 0.122 e. The van der Waals surface area contributed by atoms with Gasteiger partial charge in [-0.3, -0.25) is 0 Å². The fourth-order valence-electron chi connectivity index (χ4n) is 2.33. The SMILES string of the molecule is CCCc1ccc2c(c1O)CCCC2. The van der Waals surface area contributed by atoms with E-state index in [1.807, 2.05) is 0 Å². The molecular formula is C13H18O. The van der Waals surface area contributed by atoms with Crippen molar-refractivity contribution in [3.05, 3.63) is 28.8 Å². The summed E-state index contributed by atoms with van der Waals surface area (Å²) in [5.74, 6) is 0.587. The first-order chi connectivity index (χ1) is 6.83. The number of hydrogen-bond acceptors (Lipinski definition) is 1. The number of aromatic hydroxyl groups is 1. The molecule has 1 heteroatoms. The maximum Gasteiger partial charge on any atom is 0.122 e. The Morgan fingerprint density at radius 3 is 2.79 bits per heavy atom. The summed E-state index contributed by atoms with van der Waals surface area (Å²) in [5, 5.41) is 10.1. The van der Waals surface area contributed by atoms with E-state index in [0.29, 0.717) is 5.75 Å². The van der Waals surface area contributed by atoms with Crippen LogP contribution in [0.2, 0.25) is 0 Å². The lowest BCUT2D eigenvalue weighted by Gasteiger charge is -2.18. The molecular weight excluding hydrogens is 172 g/mol. The van der Waals surface area contributed by atoms with Crippen LogP contribution in [-0.4, -0.2) is 5.11 Å². The number of hydrogen-bond donors (Lipinski definition) is 1. The highest BCUT2D eigenvalue weighted by Gasteiger charge is 2.15. The van der Waals surface area contributed by atoms with Gasteiger partial charge in [0.2, 0.25) is 0 Å². The van der Waals surface area contributed by atoms with E-state index in [2.05, 4.69) is 19.1 Å². The maximum atomic E-state index is 10.1. The Morgan fingerprint density at radius 2 is 2.00 bits per heavy atom. The van der Waals surface area contributed by atoms with E-state index >= 15 is 0 Å². The van der Waals surface area contributed by atoms with E-state index in [9.17, 15) is 5.11 Å². The van der Waals surface area contributed by atoms with Crippen molar-refractivity contribution < 1.29 is 5.11 Å². The zero-order valence-electron chi connectivity index (χ0n) is 8.84. The second-order valence-electron chi connectivity index (χ2n) is 4.17. The van der Waals surface area contributed by atoms with Crippen LogP contribution in [0, 0.1) is 0 Å². The molecule has 1 aromatic rings. The van der Waals surface area contributed by atoms with E-state index < -0.39 is 0 Å². The average Bonchev–Trinajstić information content (AvgIpc) is 2.23. The predicted octanol–water partition coefficient (Wildman–Crippen LogP) is 3.22. The molecule has 1 aliphatic carbocycles.